The number of hydrogen-bond donors (Lipinski definition) is 3. The van der Waals surface area contributed by atoms with Crippen LogP contribution in [0.2, 0.25) is 0 Å². The lowest BCUT2D eigenvalue weighted by atomic mass is 10.1. The number of carbonyl (C=O) groups excluding carboxylic acids is 4. The van der Waals surface area contributed by atoms with Gasteiger partial charge in [0.1, 0.15) is 10.9 Å². The Morgan fingerprint density at radius 3 is 2.20 bits per heavy atom. The van der Waals surface area contributed by atoms with Gasteiger partial charge in [-0.2, -0.15) is 0 Å². The maximum Gasteiger partial charge on any atom is 0.338 e. The molecule has 49 heavy (non-hydrogen) atoms. The summed E-state index contributed by atoms with van der Waals surface area (Å²) in [5, 5.41) is 9.87. The molecule has 0 fully saturated rings. The van der Waals surface area contributed by atoms with Crippen LogP contribution in [-0.2, 0) is 14.3 Å². The van der Waals surface area contributed by atoms with E-state index in [0.29, 0.717) is 29.1 Å². The van der Waals surface area contributed by atoms with Gasteiger partial charge in [0.25, 0.3) is 11.8 Å². The molecule has 3 N–H and O–H groups in total. The SMILES string of the molecule is CCCCOC(=O)c1ccc(NC(=O)C(Sc2cccc(NC(=O)/C(=C/c3cccs3)NC(=O)c3ccccc3)c2)c2ccccc2)cc1. The Morgan fingerprint density at radius 1 is 0.776 bits per heavy atom. The van der Waals surface area contributed by atoms with Crippen molar-refractivity contribution in [1.82, 2.24) is 5.32 Å². The van der Waals surface area contributed by atoms with Gasteiger partial charge < -0.3 is 20.7 Å². The number of ether oxygens (including phenoxy) is 1. The number of benzene rings is 4. The van der Waals surface area contributed by atoms with Gasteiger partial charge in [-0.15, -0.1) is 23.1 Å². The van der Waals surface area contributed by atoms with Crippen LogP contribution in [0, 0.1) is 0 Å². The summed E-state index contributed by atoms with van der Waals surface area (Å²) in [6.45, 7) is 2.39. The number of anilines is 2. The van der Waals surface area contributed by atoms with E-state index in [1.807, 2.05) is 66.9 Å². The fraction of sp³-hybridized carbons (Fsp3) is 0.128. The number of nitrogens with one attached hydrogen (secondary N) is 3. The standard InChI is InChI=1S/C39H35N3O5S2/c1-2-3-23-47-39(46)29-19-21-30(22-20-29)40-38(45)35(27-12-6-4-7-13-27)49-33-17-10-16-31(25-33)41-37(44)34(26-32-18-11-24-48-32)42-36(43)28-14-8-5-9-15-28/h4-22,24-26,35H,2-3,23H2,1H3,(H,40,45)(H,41,44)(H,42,43)/b34-26-. The first kappa shape index (κ1) is 34.9. The molecule has 0 aliphatic heterocycles. The summed E-state index contributed by atoms with van der Waals surface area (Å²) in [5.41, 5.74) is 2.76. The van der Waals surface area contributed by atoms with Crippen LogP contribution >= 0.6 is 23.1 Å². The van der Waals surface area contributed by atoms with Gasteiger partial charge in [-0.05, 0) is 84.1 Å². The molecule has 1 unspecified atom stereocenters. The number of amides is 3. The third kappa shape index (κ3) is 10.3. The molecule has 5 rings (SSSR count). The Labute approximate surface area is 293 Å². The van der Waals surface area contributed by atoms with Crippen LogP contribution in [0.1, 0.15) is 56.2 Å². The Morgan fingerprint density at radius 2 is 1.51 bits per heavy atom. The van der Waals surface area contributed by atoms with E-state index < -0.39 is 23.0 Å². The topological polar surface area (TPSA) is 114 Å². The van der Waals surface area contributed by atoms with Crippen molar-refractivity contribution in [2.24, 2.45) is 0 Å². The van der Waals surface area contributed by atoms with Crippen LogP contribution in [0.5, 0.6) is 0 Å². The third-order valence-corrected chi connectivity index (χ3v) is 9.23. The van der Waals surface area contributed by atoms with Crippen LogP contribution in [0.4, 0.5) is 11.4 Å². The van der Waals surface area contributed by atoms with Gasteiger partial charge in [0.2, 0.25) is 5.91 Å². The summed E-state index contributed by atoms with van der Waals surface area (Å²) in [6, 6.07) is 35.6. The van der Waals surface area contributed by atoms with Gasteiger partial charge in [0.15, 0.2) is 0 Å². The quantitative estimate of drug-likeness (QED) is 0.0466. The predicted octanol–water partition coefficient (Wildman–Crippen LogP) is 8.59. The Hall–Kier alpha value is -5.45. The molecule has 1 atom stereocenters. The van der Waals surface area contributed by atoms with Gasteiger partial charge in [-0.3, -0.25) is 14.4 Å². The lowest BCUT2D eigenvalue weighted by molar-refractivity contribution is -0.116. The molecule has 248 valence electrons. The van der Waals surface area contributed by atoms with Crippen molar-refractivity contribution in [3.05, 3.63) is 154 Å². The molecule has 1 heterocycles. The van der Waals surface area contributed by atoms with Gasteiger partial charge in [-0.25, -0.2) is 4.79 Å². The first-order chi connectivity index (χ1) is 23.9. The molecule has 0 aliphatic carbocycles. The summed E-state index contributed by atoms with van der Waals surface area (Å²) in [7, 11) is 0. The highest BCUT2D eigenvalue weighted by Gasteiger charge is 2.23. The smallest absolute Gasteiger partial charge is 0.338 e. The summed E-state index contributed by atoms with van der Waals surface area (Å²) in [5.74, 6) is -1.55. The highest BCUT2D eigenvalue weighted by molar-refractivity contribution is 8.00. The van der Waals surface area contributed by atoms with Gasteiger partial charge >= 0.3 is 5.97 Å². The van der Waals surface area contributed by atoms with E-state index in [1.54, 1.807) is 72.8 Å². The van der Waals surface area contributed by atoms with Crippen molar-refractivity contribution in [2.75, 3.05) is 17.2 Å². The summed E-state index contributed by atoms with van der Waals surface area (Å²) >= 11 is 2.77. The molecule has 3 amide bonds. The van der Waals surface area contributed by atoms with Gasteiger partial charge in [0, 0.05) is 26.7 Å². The molecule has 5 aromatic rings. The second kappa shape index (κ2) is 17.6. The molecule has 0 aliphatic rings. The molecule has 0 radical (unpaired) electrons. The molecule has 0 saturated carbocycles. The lowest BCUT2D eigenvalue weighted by Crippen LogP contribution is -2.30. The van der Waals surface area contributed by atoms with Crippen LogP contribution in [0.3, 0.4) is 0 Å². The Kier molecular flexibility index (Phi) is 12.5. The summed E-state index contributed by atoms with van der Waals surface area (Å²) < 4.78 is 5.28. The minimum atomic E-state index is -0.634. The molecule has 1 aromatic heterocycles. The molecule has 0 saturated heterocycles. The lowest BCUT2D eigenvalue weighted by Gasteiger charge is -2.18. The van der Waals surface area contributed by atoms with Gasteiger partial charge in [0.05, 0.1) is 12.2 Å². The molecule has 4 aromatic carbocycles. The average molecular weight is 690 g/mol. The second-order valence-electron chi connectivity index (χ2n) is 10.8. The zero-order chi connectivity index (χ0) is 34.4. The number of thiophene rings is 1. The first-order valence-electron chi connectivity index (χ1n) is 15.7. The zero-order valence-electron chi connectivity index (χ0n) is 26.8. The zero-order valence-corrected chi connectivity index (χ0v) is 28.4. The number of esters is 1. The van der Waals surface area contributed by atoms with E-state index in [0.717, 1.165) is 28.2 Å². The number of rotatable bonds is 14. The van der Waals surface area contributed by atoms with Crippen LogP contribution in [0.25, 0.3) is 6.08 Å². The molecular formula is C39H35N3O5S2. The number of carbonyl (C=O) groups is 4. The van der Waals surface area contributed by atoms with Crippen molar-refractivity contribution in [1.29, 1.82) is 0 Å². The fourth-order valence-electron chi connectivity index (χ4n) is 4.63. The van der Waals surface area contributed by atoms with Crippen molar-refractivity contribution in [3.63, 3.8) is 0 Å². The molecule has 0 bridgehead atoms. The first-order valence-corrected chi connectivity index (χ1v) is 17.5. The number of hydrogen-bond acceptors (Lipinski definition) is 7. The maximum absolute atomic E-state index is 13.7. The van der Waals surface area contributed by atoms with Crippen molar-refractivity contribution >= 4 is 64.2 Å². The minimum Gasteiger partial charge on any atom is -0.462 e. The van der Waals surface area contributed by atoms with E-state index in [-0.39, 0.29) is 11.6 Å². The summed E-state index contributed by atoms with van der Waals surface area (Å²) in [6.07, 6.45) is 3.37. The summed E-state index contributed by atoms with van der Waals surface area (Å²) in [4.78, 5) is 54.0. The van der Waals surface area contributed by atoms with Crippen molar-refractivity contribution in [2.45, 2.75) is 29.9 Å². The van der Waals surface area contributed by atoms with Crippen LogP contribution < -0.4 is 16.0 Å². The van der Waals surface area contributed by atoms with E-state index in [2.05, 4.69) is 16.0 Å². The van der Waals surface area contributed by atoms with E-state index in [1.165, 1.54) is 23.1 Å². The van der Waals surface area contributed by atoms with E-state index >= 15 is 0 Å². The fourth-order valence-corrected chi connectivity index (χ4v) is 6.37. The third-order valence-electron chi connectivity index (χ3n) is 7.16. The minimum absolute atomic E-state index is 0.0936. The maximum atomic E-state index is 13.7. The molecule has 8 nitrogen and oxygen atoms in total. The number of thioether (sulfide) groups is 1. The number of unbranched alkanes of at least 4 members (excludes halogenated alkanes) is 1. The molecule has 0 spiro atoms. The van der Waals surface area contributed by atoms with Crippen molar-refractivity contribution < 1.29 is 23.9 Å². The van der Waals surface area contributed by atoms with E-state index in [4.69, 9.17) is 4.74 Å². The largest absolute Gasteiger partial charge is 0.462 e. The Bertz CT molecular complexity index is 1890. The highest BCUT2D eigenvalue weighted by atomic mass is 32.2. The molecule has 10 heteroatoms. The second-order valence-corrected chi connectivity index (χ2v) is 13.0. The average Bonchev–Trinajstić information content (AvgIpc) is 3.65. The van der Waals surface area contributed by atoms with E-state index in [9.17, 15) is 19.2 Å². The highest BCUT2D eigenvalue weighted by Crippen LogP contribution is 2.37. The Balaban J connectivity index is 1.30. The van der Waals surface area contributed by atoms with Gasteiger partial charge in [-0.1, -0.05) is 74.0 Å². The van der Waals surface area contributed by atoms with Crippen molar-refractivity contribution in [3.8, 4) is 0 Å². The van der Waals surface area contributed by atoms with Crippen LogP contribution in [0.15, 0.2) is 137 Å². The molecular weight excluding hydrogens is 655 g/mol. The normalized spacial score (nSPS) is 11.7. The monoisotopic (exact) mass is 689 g/mol. The van der Waals surface area contributed by atoms with Crippen LogP contribution in [-0.4, -0.2) is 30.3 Å². The predicted molar refractivity (Wildman–Crippen MR) is 197 cm³/mol.